The van der Waals surface area contributed by atoms with Gasteiger partial charge in [0, 0.05) is 12.7 Å². The van der Waals surface area contributed by atoms with Crippen molar-refractivity contribution < 1.29 is 0 Å². The summed E-state index contributed by atoms with van der Waals surface area (Å²) in [6.45, 7) is 5.36. The lowest BCUT2D eigenvalue weighted by Gasteiger charge is -2.24. The van der Waals surface area contributed by atoms with E-state index < -0.39 is 0 Å². The van der Waals surface area contributed by atoms with E-state index in [4.69, 9.17) is 0 Å². The second-order valence-corrected chi connectivity index (χ2v) is 5.32. The number of aryl methyl sites for hydroxylation is 2. The first-order valence-corrected chi connectivity index (χ1v) is 6.62. The van der Waals surface area contributed by atoms with Crippen LogP contribution in [0.4, 0.5) is 11.4 Å². The third-order valence-corrected chi connectivity index (χ3v) is 3.99. The van der Waals surface area contributed by atoms with Gasteiger partial charge in [0.25, 0.3) is 0 Å². The van der Waals surface area contributed by atoms with Crippen LogP contribution in [-0.2, 0) is 0 Å². The summed E-state index contributed by atoms with van der Waals surface area (Å²) in [5, 5.41) is 0. The van der Waals surface area contributed by atoms with E-state index in [0.717, 1.165) is 19.5 Å². The molecule has 0 fully saturated rings. The fraction of sp³-hybridized carbons (Fsp3) is 0.375. The summed E-state index contributed by atoms with van der Waals surface area (Å²) >= 11 is 0. The highest BCUT2D eigenvalue weighted by Gasteiger charge is 2.26. The summed E-state index contributed by atoms with van der Waals surface area (Å²) in [5.41, 5.74) is 6.91. The van der Waals surface area contributed by atoms with Crippen molar-refractivity contribution >= 4 is 11.4 Å². The lowest BCUT2D eigenvalue weighted by molar-refractivity contribution is 0.834. The highest BCUT2D eigenvalue weighted by Crippen LogP contribution is 2.40. The molecular formula is C16H20N2. The van der Waals surface area contributed by atoms with Gasteiger partial charge in [-0.25, -0.2) is 0 Å². The molecule has 0 saturated carbocycles. The number of hydrogen-bond acceptors (Lipinski definition) is 2. The number of anilines is 2. The Bertz CT molecular complexity index is 540. The molecule has 0 atom stereocenters. The van der Waals surface area contributed by atoms with Gasteiger partial charge in [-0.3, -0.25) is 0 Å². The number of nitrogens with zero attached hydrogens (tertiary/aromatic N) is 2. The summed E-state index contributed by atoms with van der Waals surface area (Å²) in [6, 6.07) is 4.64. The third kappa shape index (κ3) is 1.72. The first-order chi connectivity index (χ1) is 8.66. The van der Waals surface area contributed by atoms with Gasteiger partial charge in [0.05, 0.1) is 18.0 Å². The predicted octanol–water partition coefficient (Wildman–Crippen LogP) is 3.75. The van der Waals surface area contributed by atoms with Crippen LogP contribution in [-0.4, -0.2) is 13.7 Å². The molecule has 94 valence electrons. The molecule has 0 bridgehead atoms. The predicted molar refractivity (Wildman–Crippen MR) is 78.1 cm³/mol. The molecule has 0 amide bonds. The second kappa shape index (κ2) is 4.20. The molecule has 0 spiro atoms. The largest absolute Gasteiger partial charge is 0.355 e. The second-order valence-electron chi connectivity index (χ2n) is 5.32. The van der Waals surface area contributed by atoms with Crippen LogP contribution in [0.2, 0.25) is 0 Å². The average Bonchev–Trinajstić information content (AvgIpc) is 2.69. The minimum absolute atomic E-state index is 0.970. The van der Waals surface area contributed by atoms with E-state index in [2.05, 4.69) is 61.1 Å². The molecule has 0 N–H and O–H groups in total. The zero-order valence-corrected chi connectivity index (χ0v) is 11.4. The molecule has 2 heteroatoms. The van der Waals surface area contributed by atoms with Crippen LogP contribution in [0.15, 0.2) is 36.1 Å². The summed E-state index contributed by atoms with van der Waals surface area (Å²) in [6.07, 6.45) is 8.98. The Balaban J connectivity index is 2.05. The molecule has 1 heterocycles. The minimum atomic E-state index is 0.970. The molecule has 18 heavy (non-hydrogen) atoms. The number of fused-ring (bicyclic) bond motifs is 1. The summed E-state index contributed by atoms with van der Waals surface area (Å²) < 4.78 is 0. The van der Waals surface area contributed by atoms with Crippen molar-refractivity contribution in [3.63, 3.8) is 0 Å². The average molecular weight is 240 g/mol. The Hall–Kier alpha value is -1.70. The van der Waals surface area contributed by atoms with Crippen molar-refractivity contribution in [2.75, 3.05) is 23.5 Å². The fourth-order valence-corrected chi connectivity index (χ4v) is 2.73. The summed E-state index contributed by atoms with van der Waals surface area (Å²) in [7, 11) is 2.17. The van der Waals surface area contributed by atoms with Gasteiger partial charge in [0.1, 0.15) is 0 Å². The van der Waals surface area contributed by atoms with Gasteiger partial charge in [-0.1, -0.05) is 12.2 Å². The molecule has 0 unspecified atom stereocenters. The number of benzene rings is 1. The standard InChI is InChI=1S/C16H20N2/c1-12-9-15-16(10-13(12)2)18(11-17(15)3)14-7-5-4-6-8-14/h4-5,7,9-10H,6,8,11H2,1-3H3. The van der Waals surface area contributed by atoms with Crippen LogP contribution in [0.3, 0.4) is 0 Å². The smallest absolute Gasteiger partial charge is 0.0946 e. The first-order valence-electron chi connectivity index (χ1n) is 6.62. The maximum atomic E-state index is 2.45. The molecule has 1 aromatic rings. The molecule has 0 aromatic heterocycles. The van der Waals surface area contributed by atoms with E-state index in [1.54, 1.807) is 0 Å². The molecule has 2 nitrogen and oxygen atoms in total. The van der Waals surface area contributed by atoms with Crippen LogP contribution in [0.1, 0.15) is 24.0 Å². The van der Waals surface area contributed by atoms with Crippen molar-refractivity contribution in [3.8, 4) is 0 Å². The molecule has 2 aliphatic rings. The van der Waals surface area contributed by atoms with E-state index in [1.807, 2.05) is 0 Å². The molecule has 1 aliphatic carbocycles. The maximum Gasteiger partial charge on any atom is 0.0946 e. The molecule has 3 rings (SSSR count). The zero-order chi connectivity index (χ0) is 12.7. The van der Waals surface area contributed by atoms with Crippen molar-refractivity contribution in [1.82, 2.24) is 0 Å². The van der Waals surface area contributed by atoms with Crippen LogP contribution < -0.4 is 9.80 Å². The summed E-state index contributed by atoms with van der Waals surface area (Å²) in [4.78, 5) is 4.78. The van der Waals surface area contributed by atoms with E-state index in [-0.39, 0.29) is 0 Å². The molecule has 0 saturated heterocycles. The van der Waals surface area contributed by atoms with Crippen LogP contribution in [0, 0.1) is 13.8 Å². The zero-order valence-electron chi connectivity index (χ0n) is 11.4. The molecule has 0 radical (unpaired) electrons. The SMILES string of the molecule is Cc1cc2c(cc1C)N(C1=CC=CCC1)CN2C. The lowest BCUT2D eigenvalue weighted by Crippen LogP contribution is -2.27. The van der Waals surface area contributed by atoms with Crippen molar-refractivity contribution in [2.24, 2.45) is 0 Å². The third-order valence-electron chi connectivity index (χ3n) is 3.99. The molecule has 1 aliphatic heterocycles. The van der Waals surface area contributed by atoms with Gasteiger partial charge in [-0.05, 0) is 56.0 Å². The summed E-state index contributed by atoms with van der Waals surface area (Å²) in [5.74, 6) is 0. The monoisotopic (exact) mass is 240 g/mol. The number of rotatable bonds is 1. The Morgan fingerprint density at radius 1 is 1.06 bits per heavy atom. The number of allylic oxidation sites excluding steroid dienone is 4. The Labute approximate surface area is 109 Å². The highest BCUT2D eigenvalue weighted by atomic mass is 15.4. The van der Waals surface area contributed by atoms with Crippen molar-refractivity contribution in [1.29, 1.82) is 0 Å². The van der Waals surface area contributed by atoms with Gasteiger partial charge < -0.3 is 9.80 Å². The maximum absolute atomic E-state index is 2.45. The van der Waals surface area contributed by atoms with E-state index in [1.165, 1.54) is 28.2 Å². The Morgan fingerprint density at radius 3 is 2.44 bits per heavy atom. The van der Waals surface area contributed by atoms with Crippen molar-refractivity contribution in [3.05, 3.63) is 47.2 Å². The normalized spacial score (nSPS) is 18.1. The topological polar surface area (TPSA) is 6.48 Å². The molecular weight excluding hydrogens is 220 g/mol. The van der Waals surface area contributed by atoms with E-state index in [0.29, 0.717) is 0 Å². The van der Waals surface area contributed by atoms with Crippen LogP contribution in [0.25, 0.3) is 0 Å². The van der Waals surface area contributed by atoms with Crippen LogP contribution in [0.5, 0.6) is 0 Å². The van der Waals surface area contributed by atoms with E-state index in [9.17, 15) is 0 Å². The Kier molecular flexibility index (Phi) is 2.66. The minimum Gasteiger partial charge on any atom is -0.355 e. The molecule has 1 aromatic carbocycles. The van der Waals surface area contributed by atoms with Crippen molar-refractivity contribution in [2.45, 2.75) is 26.7 Å². The van der Waals surface area contributed by atoms with Gasteiger partial charge in [0.2, 0.25) is 0 Å². The van der Waals surface area contributed by atoms with Gasteiger partial charge in [-0.15, -0.1) is 0 Å². The van der Waals surface area contributed by atoms with E-state index >= 15 is 0 Å². The van der Waals surface area contributed by atoms with Gasteiger partial charge >= 0.3 is 0 Å². The van der Waals surface area contributed by atoms with Gasteiger partial charge in [0.15, 0.2) is 0 Å². The highest BCUT2D eigenvalue weighted by molar-refractivity contribution is 5.79. The Morgan fingerprint density at radius 2 is 1.78 bits per heavy atom. The van der Waals surface area contributed by atoms with Crippen LogP contribution >= 0.6 is 0 Å². The van der Waals surface area contributed by atoms with Gasteiger partial charge in [-0.2, -0.15) is 0 Å². The first kappa shape index (κ1) is 11.4. The quantitative estimate of drug-likeness (QED) is 0.737. The fourth-order valence-electron chi connectivity index (χ4n) is 2.73. The lowest BCUT2D eigenvalue weighted by atomic mass is 10.1. The number of hydrogen-bond donors (Lipinski definition) is 0.